The maximum Gasteiger partial charge on any atom is 0.254 e. The molecule has 104 valence electrons. The average molecular weight is 263 g/mol. The molecule has 0 bridgehead atoms. The van der Waals surface area contributed by atoms with Gasteiger partial charge in [-0.1, -0.05) is 6.07 Å². The van der Waals surface area contributed by atoms with Crippen molar-refractivity contribution < 1.29 is 14.4 Å². The fraction of sp³-hybridized carbons (Fsp3) is 0.533. The average Bonchev–Trinajstić information content (AvgIpc) is 2.38. The summed E-state index contributed by atoms with van der Waals surface area (Å²) in [7, 11) is 2.17. The third-order valence-electron chi connectivity index (χ3n) is 3.36. The number of amides is 1. The van der Waals surface area contributed by atoms with Crippen LogP contribution in [0.5, 0.6) is 5.75 Å². The summed E-state index contributed by atoms with van der Waals surface area (Å²) in [6.07, 6.45) is 0.123. The van der Waals surface area contributed by atoms with Crippen molar-refractivity contribution in [1.29, 1.82) is 0 Å². The molecule has 1 aromatic rings. The van der Waals surface area contributed by atoms with Gasteiger partial charge >= 0.3 is 0 Å². The van der Waals surface area contributed by atoms with E-state index in [0.717, 1.165) is 37.5 Å². The Morgan fingerprint density at radius 1 is 1.32 bits per heavy atom. The highest BCUT2D eigenvalue weighted by Crippen LogP contribution is 2.16. The van der Waals surface area contributed by atoms with Crippen molar-refractivity contribution >= 4 is 5.91 Å². The molecule has 1 heterocycles. The van der Waals surface area contributed by atoms with Crippen LogP contribution in [0, 0.1) is 0 Å². The Morgan fingerprint density at radius 3 is 2.63 bits per heavy atom. The second kappa shape index (κ2) is 6.06. The van der Waals surface area contributed by atoms with Crippen molar-refractivity contribution in [3.8, 4) is 5.75 Å². The molecule has 0 unspecified atom stereocenters. The molecule has 0 aromatic heterocycles. The van der Waals surface area contributed by atoms with Crippen LogP contribution in [-0.2, 0) is 0 Å². The first kappa shape index (κ1) is 13.9. The van der Waals surface area contributed by atoms with Crippen molar-refractivity contribution in [3.63, 3.8) is 0 Å². The van der Waals surface area contributed by atoms with E-state index >= 15 is 0 Å². The number of ether oxygens (including phenoxy) is 1. The summed E-state index contributed by atoms with van der Waals surface area (Å²) < 4.78 is 5.63. The lowest BCUT2D eigenvalue weighted by molar-refractivity contribution is -0.883. The maximum absolute atomic E-state index is 12.4. The standard InChI is InChI=1S/C15H22N2O2/c1-12(2)19-14-6-4-5-13(11-14)15(18)17-9-7-16(3)8-10-17/h4-6,11-12H,7-10H2,1-3H3/p+1. The Kier molecular flexibility index (Phi) is 4.43. The van der Waals surface area contributed by atoms with Gasteiger partial charge in [0.25, 0.3) is 5.91 Å². The van der Waals surface area contributed by atoms with E-state index in [1.54, 1.807) is 0 Å². The maximum atomic E-state index is 12.4. The summed E-state index contributed by atoms with van der Waals surface area (Å²) >= 11 is 0. The number of hydrogen-bond acceptors (Lipinski definition) is 2. The van der Waals surface area contributed by atoms with Crippen LogP contribution < -0.4 is 9.64 Å². The summed E-state index contributed by atoms with van der Waals surface area (Å²) in [5.41, 5.74) is 0.720. The van der Waals surface area contributed by atoms with Crippen molar-refractivity contribution in [3.05, 3.63) is 29.8 Å². The Balaban J connectivity index is 2.06. The first-order valence-electron chi connectivity index (χ1n) is 6.93. The second-order valence-corrected chi connectivity index (χ2v) is 5.44. The van der Waals surface area contributed by atoms with E-state index in [2.05, 4.69) is 7.05 Å². The number of piperazine rings is 1. The number of hydrogen-bond donors (Lipinski definition) is 1. The quantitative estimate of drug-likeness (QED) is 0.859. The first-order valence-corrected chi connectivity index (χ1v) is 6.93. The topological polar surface area (TPSA) is 34.0 Å². The molecule has 4 heteroatoms. The monoisotopic (exact) mass is 263 g/mol. The van der Waals surface area contributed by atoms with Gasteiger partial charge in [-0.15, -0.1) is 0 Å². The number of rotatable bonds is 3. The number of benzene rings is 1. The molecule has 1 fully saturated rings. The number of quaternary nitrogens is 1. The molecule has 1 aliphatic heterocycles. The van der Waals surface area contributed by atoms with E-state index in [1.807, 2.05) is 43.0 Å². The van der Waals surface area contributed by atoms with E-state index in [1.165, 1.54) is 4.90 Å². The van der Waals surface area contributed by atoms with Crippen molar-refractivity contribution in [2.24, 2.45) is 0 Å². The smallest absolute Gasteiger partial charge is 0.254 e. The Labute approximate surface area is 115 Å². The van der Waals surface area contributed by atoms with Gasteiger partial charge in [0.2, 0.25) is 0 Å². The van der Waals surface area contributed by atoms with Crippen molar-refractivity contribution in [2.45, 2.75) is 20.0 Å². The molecule has 1 aliphatic rings. The summed E-state index contributed by atoms with van der Waals surface area (Å²) in [4.78, 5) is 15.8. The van der Waals surface area contributed by atoms with E-state index in [0.29, 0.717) is 0 Å². The lowest BCUT2D eigenvalue weighted by atomic mass is 10.1. The molecule has 19 heavy (non-hydrogen) atoms. The minimum atomic E-state index is 0.113. The fourth-order valence-corrected chi connectivity index (χ4v) is 2.25. The molecular weight excluding hydrogens is 240 g/mol. The van der Waals surface area contributed by atoms with E-state index in [9.17, 15) is 4.79 Å². The highest BCUT2D eigenvalue weighted by atomic mass is 16.5. The zero-order chi connectivity index (χ0) is 13.8. The summed E-state index contributed by atoms with van der Waals surface area (Å²) in [6.45, 7) is 7.68. The minimum Gasteiger partial charge on any atom is -0.491 e. The summed E-state index contributed by atoms with van der Waals surface area (Å²) in [6, 6.07) is 7.48. The molecule has 0 radical (unpaired) electrons. The molecule has 1 amide bonds. The zero-order valence-corrected chi connectivity index (χ0v) is 12.0. The van der Waals surface area contributed by atoms with Crippen LogP contribution >= 0.6 is 0 Å². The fourth-order valence-electron chi connectivity index (χ4n) is 2.25. The number of carbonyl (C=O) groups excluding carboxylic acids is 1. The lowest BCUT2D eigenvalue weighted by Gasteiger charge is -2.30. The van der Waals surface area contributed by atoms with Crippen LogP contribution in [0.3, 0.4) is 0 Å². The predicted octanol–water partition coefficient (Wildman–Crippen LogP) is 0.444. The SMILES string of the molecule is CC(C)Oc1cccc(C(=O)N2CC[NH+](C)CC2)c1. The van der Waals surface area contributed by atoms with Gasteiger partial charge in [-0.3, -0.25) is 4.79 Å². The number of likely N-dealkylation sites (N-methyl/N-ethyl adjacent to an activating group) is 1. The third kappa shape index (κ3) is 3.70. The van der Waals surface area contributed by atoms with Crippen LogP contribution in [0.25, 0.3) is 0 Å². The van der Waals surface area contributed by atoms with Gasteiger partial charge in [0, 0.05) is 5.56 Å². The van der Waals surface area contributed by atoms with Crippen molar-refractivity contribution in [2.75, 3.05) is 33.2 Å². The number of nitrogens with one attached hydrogen (secondary N) is 1. The molecule has 4 nitrogen and oxygen atoms in total. The highest BCUT2D eigenvalue weighted by Gasteiger charge is 2.22. The zero-order valence-electron chi connectivity index (χ0n) is 12.0. The molecule has 2 rings (SSSR count). The van der Waals surface area contributed by atoms with Gasteiger partial charge in [-0.25, -0.2) is 0 Å². The Morgan fingerprint density at radius 2 is 2.00 bits per heavy atom. The second-order valence-electron chi connectivity index (χ2n) is 5.44. The normalized spacial score (nSPS) is 16.7. The van der Waals surface area contributed by atoms with Crippen LogP contribution in [-0.4, -0.2) is 50.1 Å². The van der Waals surface area contributed by atoms with Gasteiger partial charge < -0.3 is 14.5 Å². The van der Waals surface area contributed by atoms with Crippen LogP contribution in [0.2, 0.25) is 0 Å². The van der Waals surface area contributed by atoms with Gasteiger partial charge in [-0.05, 0) is 32.0 Å². The summed E-state index contributed by atoms with van der Waals surface area (Å²) in [5.74, 6) is 0.877. The molecule has 1 N–H and O–H groups in total. The van der Waals surface area contributed by atoms with E-state index in [-0.39, 0.29) is 12.0 Å². The van der Waals surface area contributed by atoms with Gasteiger partial charge in [0.05, 0.1) is 39.3 Å². The molecule has 0 atom stereocenters. The van der Waals surface area contributed by atoms with Crippen LogP contribution in [0.15, 0.2) is 24.3 Å². The molecular formula is C15H23N2O2+. The Hall–Kier alpha value is -1.55. The predicted molar refractivity (Wildman–Crippen MR) is 74.7 cm³/mol. The number of carbonyl (C=O) groups is 1. The first-order chi connectivity index (χ1) is 9.06. The third-order valence-corrected chi connectivity index (χ3v) is 3.36. The number of nitrogens with zero attached hydrogens (tertiary/aromatic N) is 1. The van der Waals surface area contributed by atoms with Gasteiger partial charge in [0.15, 0.2) is 0 Å². The van der Waals surface area contributed by atoms with E-state index < -0.39 is 0 Å². The van der Waals surface area contributed by atoms with Crippen LogP contribution in [0.1, 0.15) is 24.2 Å². The molecule has 0 saturated carbocycles. The Bertz CT molecular complexity index is 438. The van der Waals surface area contributed by atoms with E-state index in [4.69, 9.17) is 4.74 Å². The molecule has 0 aliphatic carbocycles. The lowest BCUT2D eigenvalue weighted by Crippen LogP contribution is -3.12. The van der Waals surface area contributed by atoms with Crippen molar-refractivity contribution in [1.82, 2.24) is 4.90 Å². The molecule has 0 spiro atoms. The minimum absolute atomic E-state index is 0.113. The molecule has 1 aromatic carbocycles. The molecule has 1 saturated heterocycles. The van der Waals surface area contributed by atoms with Crippen LogP contribution in [0.4, 0.5) is 0 Å². The largest absolute Gasteiger partial charge is 0.491 e. The van der Waals surface area contributed by atoms with Gasteiger partial charge in [-0.2, -0.15) is 0 Å². The summed E-state index contributed by atoms with van der Waals surface area (Å²) in [5, 5.41) is 0. The highest BCUT2D eigenvalue weighted by molar-refractivity contribution is 5.94. The van der Waals surface area contributed by atoms with Gasteiger partial charge in [0.1, 0.15) is 5.75 Å².